The van der Waals surface area contributed by atoms with Crippen molar-refractivity contribution >= 4 is 40.6 Å². The Morgan fingerprint density at radius 2 is 1.97 bits per heavy atom. The van der Waals surface area contributed by atoms with Gasteiger partial charge in [-0.25, -0.2) is 0 Å². The molecule has 0 saturated carbocycles. The number of carbonyl (C=O) groups excluding carboxylic acids is 2. The van der Waals surface area contributed by atoms with Crippen LogP contribution in [-0.4, -0.2) is 18.3 Å². The van der Waals surface area contributed by atoms with E-state index in [0.717, 1.165) is 0 Å². The number of Topliss-reactive ketones (excluding diaryl/α,β-unsaturated/α-hetero) is 1. The number of carbonyl (C=O) groups is 2. The van der Waals surface area contributed by atoms with E-state index in [1.54, 1.807) is 42.5 Å². The summed E-state index contributed by atoms with van der Waals surface area (Å²) in [6.07, 6.45) is 0.825. The standard InChI is InChI=1S/C26H23Cl2N3O4/c1-26(2)10-18(32)23-20(11-26)35-25(30)15(12-29)22(23)14-6-3-4-9-19(14)34-13-21(33)31-17-8-5-7-16(27)24(17)28/h3-9,22H,10-11,13,30H2,1-2H3,(H,31,33). The minimum absolute atomic E-state index is 0.0371. The Balaban J connectivity index is 1.64. The summed E-state index contributed by atoms with van der Waals surface area (Å²) in [5, 5.41) is 13.1. The molecule has 4 rings (SSSR count). The van der Waals surface area contributed by atoms with Crippen LogP contribution in [0.5, 0.6) is 5.75 Å². The summed E-state index contributed by atoms with van der Waals surface area (Å²) in [4.78, 5) is 25.8. The van der Waals surface area contributed by atoms with Gasteiger partial charge in [0.05, 0.1) is 21.7 Å². The van der Waals surface area contributed by atoms with Crippen LogP contribution in [0, 0.1) is 16.7 Å². The van der Waals surface area contributed by atoms with Gasteiger partial charge in [0.15, 0.2) is 12.4 Å². The van der Waals surface area contributed by atoms with Crippen LogP contribution in [0.3, 0.4) is 0 Å². The smallest absolute Gasteiger partial charge is 0.262 e. The van der Waals surface area contributed by atoms with Gasteiger partial charge in [0.25, 0.3) is 5.91 Å². The molecule has 7 nitrogen and oxygen atoms in total. The largest absolute Gasteiger partial charge is 0.483 e. The summed E-state index contributed by atoms with van der Waals surface area (Å²) < 4.78 is 11.6. The summed E-state index contributed by atoms with van der Waals surface area (Å²) in [6, 6.07) is 13.9. The Morgan fingerprint density at radius 3 is 2.71 bits per heavy atom. The number of ether oxygens (including phenoxy) is 2. The lowest BCUT2D eigenvalue weighted by molar-refractivity contribution is -0.119. The number of para-hydroxylation sites is 1. The topological polar surface area (TPSA) is 114 Å². The van der Waals surface area contributed by atoms with Crippen molar-refractivity contribution < 1.29 is 19.1 Å². The molecular weight excluding hydrogens is 489 g/mol. The Hall–Kier alpha value is -3.47. The van der Waals surface area contributed by atoms with Crippen molar-refractivity contribution in [1.29, 1.82) is 5.26 Å². The molecule has 9 heteroatoms. The summed E-state index contributed by atoms with van der Waals surface area (Å²) in [5.74, 6) is -0.543. The van der Waals surface area contributed by atoms with Gasteiger partial charge in [-0.15, -0.1) is 0 Å². The van der Waals surface area contributed by atoms with Crippen LogP contribution in [0.25, 0.3) is 0 Å². The molecule has 0 bridgehead atoms. The zero-order chi connectivity index (χ0) is 25.3. The fraction of sp³-hybridized carbons (Fsp3) is 0.269. The second kappa shape index (κ2) is 9.65. The molecule has 0 aromatic heterocycles. The number of nitrogens with one attached hydrogen (secondary N) is 1. The average Bonchev–Trinajstić information content (AvgIpc) is 2.79. The Bertz CT molecular complexity index is 1320. The number of allylic oxidation sites excluding steroid dienone is 3. The first-order chi connectivity index (χ1) is 16.6. The first-order valence-corrected chi connectivity index (χ1v) is 11.7. The number of nitrogens with two attached hydrogens (primary N) is 1. The highest BCUT2D eigenvalue weighted by molar-refractivity contribution is 6.44. The number of anilines is 1. The zero-order valence-corrected chi connectivity index (χ0v) is 20.7. The molecule has 2 aromatic carbocycles. The molecule has 1 aliphatic carbocycles. The Kier molecular flexibility index (Phi) is 6.79. The number of ketones is 1. The SMILES string of the molecule is CC1(C)CC(=O)C2=C(C1)OC(N)=C(C#N)C2c1ccccc1OCC(=O)Nc1cccc(Cl)c1Cl. The van der Waals surface area contributed by atoms with Crippen molar-refractivity contribution in [2.75, 3.05) is 11.9 Å². The monoisotopic (exact) mass is 511 g/mol. The Labute approximate surface area is 213 Å². The molecule has 1 amide bonds. The third kappa shape index (κ3) is 5.00. The number of hydrogen-bond donors (Lipinski definition) is 2. The molecule has 1 atom stereocenters. The van der Waals surface area contributed by atoms with E-state index in [9.17, 15) is 14.9 Å². The second-order valence-electron chi connectivity index (χ2n) is 9.18. The molecule has 0 saturated heterocycles. The molecule has 0 spiro atoms. The summed E-state index contributed by atoms with van der Waals surface area (Å²) >= 11 is 12.1. The number of benzene rings is 2. The van der Waals surface area contributed by atoms with Crippen LogP contribution in [0.2, 0.25) is 10.0 Å². The molecule has 180 valence electrons. The van der Waals surface area contributed by atoms with Crippen molar-refractivity contribution in [3.05, 3.63) is 80.9 Å². The molecule has 2 aliphatic rings. The number of nitrogens with zero attached hydrogens (tertiary/aromatic N) is 1. The molecule has 0 radical (unpaired) electrons. The van der Waals surface area contributed by atoms with Gasteiger partial charge in [-0.2, -0.15) is 5.26 Å². The first-order valence-electron chi connectivity index (χ1n) is 10.9. The van der Waals surface area contributed by atoms with Crippen LogP contribution >= 0.6 is 23.2 Å². The van der Waals surface area contributed by atoms with Crippen LogP contribution in [0.15, 0.2) is 65.3 Å². The molecular formula is C26H23Cl2N3O4. The van der Waals surface area contributed by atoms with E-state index >= 15 is 0 Å². The maximum Gasteiger partial charge on any atom is 0.262 e. The fourth-order valence-corrected chi connectivity index (χ4v) is 4.72. The van der Waals surface area contributed by atoms with Gasteiger partial charge in [0, 0.05) is 24.0 Å². The normalized spacial score (nSPS) is 18.9. The van der Waals surface area contributed by atoms with Gasteiger partial charge in [-0.1, -0.05) is 61.3 Å². The molecule has 2 aromatic rings. The summed E-state index contributed by atoms with van der Waals surface area (Å²) in [6.45, 7) is 3.63. The summed E-state index contributed by atoms with van der Waals surface area (Å²) in [5.41, 5.74) is 7.25. The van der Waals surface area contributed by atoms with Crippen LogP contribution < -0.4 is 15.8 Å². The highest BCUT2D eigenvalue weighted by Gasteiger charge is 2.43. The predicted molar refractivity (Wildman–Crippen MR) is 133 cm³/mol. The van der Waals surface area contributed by atoms with E-state index in [4.69, 9.17) is 38.4 Å². The van der Waals surface area contributed by atoms with Gasteiger partial charge in [0.1, 0.15) is 23.2 Å². The minimum atomic E-state index is -0.756. The number of halogens is 2. The van der Waals surface area contributed by atoms with Crippen LogP contribution in [-0.2, 0) is 14.3 Å². The van der Waals surface area contributed by atoms with Gasteiger partial charge in [0.2, 0.25) is 5.88 Å². The molecule has 0 fully saturated rings. The van der Waals surface area contributed by atoms with E-state index in [1.165, 1.54) is 0 Å². The minimum Gasteiger partial charge on any atom is -0.483 e. The fourth-order valence-electron chi connectivity index (χ4n) is 4.38. The molecule has 1 heterocycles. The lowest BCUT2D eigenvalue weighted by atomic mass is 9.70. The van der Waals surface area contributed by atoms with Gasteiger partial charge >= 0.3 is 0 Å². The van der Waals surface area contributed by atoms with E-state index in [0.29, 0.717) is 46.2 Å². The van der Waals surface area contributed by atoms with Crippen molar-refractivity contribution in [3.8, 4) is 11.8 Å². The Morgan fingerprint density at radius 1 is 1.23 bits per heavy atom. The number of rotatable bonds is 5. The molecule has 1 unspecified atom stereocenters. The maximum absolute atomic E-state index is 13.2. The lowest BCUT2D eigenvalue weighted by Crippen LogP contribution is -2.33. The van der Waals surface area contributed by atoms with E-state index < -0.39 is 11.8 Å². The maximum atomic E-state index is 13.2. The van der Waals surface area contributed by atoms with E-state index in [1.807, 2.05) is 13.8 Å². The average molecular weight is 512 g/mol. The number of nitriles is 1. The third-order valence-corrected chi connectivity index (χ3v) is 6.71. The van der Waals surface area contributed by atoms with E-state index in [-0.39, 0.29) is 34.3 Å². The molecule has 3 N–H and O–H groups in total. The highest BCUT2D eigenvalue weighted by atomic mass is 35.5. The van der Waals surface area contributed by atoms with E-state index in [2.05, 4.69) is 11.4 Å². The van der Waals surface area contributed by atoms with Crippen molar-refractivity contribution in [2.24, 2.45) is 11.1 Å². The van der Waals surface area contributed by atoms with Crippen molar-refractivity contribution in [2.45, 2.75) is 32.6 Å². The predicted octanol–water partition coefficient (Wildman–Crippen LogP) is 5.46. The quantitative estimate of drug-likeness (QED) is 0.550. The lowest BCUT2D eigenvalue weighted by Gasteiger charge is -2.37. The van der Waals surface area contributed by atoms with Gasteiger partial charge in [-0.05, 0) is 23.6 Å². The zero-order valence-electron chi connectivity index (χ0n) is 19.2. The third-order valence-electron chi connectivity index (χ3n) is 5.89. The first kappa shape index (κ1) is 24.6. The number of hydrogen-bond acceptors (Lipinski definition) is 6. The molecule has 1 aliphatic heterocycles. The number of amides is 1. The second-order valence-corrected chi connectivity index (χ2v) is 9.96. The highest BCUT2D eigenvalue weighted by Crippen LogP contribution is 2.49. The molecule has 35 heavy (non-hydrogen) atoms. The van der Waals surface area contributed by atoms with Crippen LogP contribution in [0.1, 0.15) is 38.2 Å². The van der Waals surface area contributed by atoms with Crippen molar-refractivity contribution in [3.63, 3.8) is 0 Å². The van der Waals surface area contributed by atoms with Crippen LogP contribution in [0.4, 0.5) is 5.69 Å². The van der Waals surface area contributed by atoms with Gasteiger partial charge < -0.3 is 20.5 Å². The van der Waals surface area contributed by atoms with Crippen molar-refractivity contribution in [1.82, 2.24) is 0 Å². The van der Waals surface area contributed by atoms with Gasteiger partial charge in [-0.3, -0.25) is 9.59 Å². The summed E-state index contributed by atoms with van der Waals surface area (Å²) in [7, 11) is 0.